The van der Waals surface area contributed by atoms with E-state index in [-0.39, 0.29) is 5.56 Å². The first-order valence-corrected chi connectivity index (χ1v) is 10.9. The van der Waals surface area contributed by atoms with Crippen LogP contribution in [0, 0.1) is 12.7 Å². The molecule has 0 bridgehead atoms. The van der Waals surface area contributed by atoms with Crippen molar-refractivity contribution in [1.82, 2.24) is 0 Å². The first kappa shape index (κ1) is 24.3. The fraction of sp³-hybridized carbons (Fsp3) is 0.417. The third kappa shape index (κ3) is 6.35. The highest BCUT2D eigenvalue weighted by Gasteiger charge is 2.21. The number of nitrogens with zero attached hydrogens (tertiary/aromatic N) is 1. The number of nitrogens with one attached hydrogen (secondary N) is 1. The van der Waals surface area contributed by atoms with E-state index in [2.05, 4.69) is 10.2 Å². The van der Waals surface area contributed by atoms with Gasteiger partial charge in [-0.25, -0.2) is 9.18 Å². The van der Waals surface area contributed by atoms with Gasteiger partial charge in [-0.3, -0.25) is 4.79 Å². The van der Waals surface area contributed by atoms with E-state index in [1.807, 2.05) is 19.9 Å². The molecule has 1 aliphatic heterocycles. The molecule has 0 saturated carbocycles. The molecule has 1 heterocycles. The number of amides is 1. The molecule has 1 fully saturated rings. The summed E-state index contributed by atoms with van der Waals surface area (Å²) in [6.07, 6.45) is 0. The highest BCUT2D eigenvalue weighted by Crippen LogP contribution is 2.39. The lowest BCUT2D eigenvalue weighted by atomic mass is 10.1. The maximum absolute atomic E-state index is 13.5. The van der Waals surface area contributed by atoms with Gasteiger partial charge in [0.25, 0.3) is 5.91 Å². The zero-order chi connectivity index (χ0) is 23.8. The molecule has 1 saturated heterocycles. The van der Waals surface area contributed by atoms with Crippen molar-refractivity contribution in [3.05, 3.63) is 47.3 Å². The Balaban J connectivity index is 1.75. The van der Waals surface area contributed by atoms with Gasteiger partial charge in [0.1, 0.15) is 17.3 Å². The summed E-state index contributed by atoms with van der Waals surface area (Å²) in [4.78, 5) is 26.9. The van der Waals surface area contributed by atoms with Gasteiger partial charge in [-0.05, 0) is 38.5 Å². The van der Waals surface area contributed by atoms with Crippen LogP contribution in [0.2, 0.25) is 0 Å². The lowest BCUT2D eigenvalue weighted by Crippen LogP contribution is -2.36. The number of carbonyl (C=O) groups excluding carboxylic acids is 2. The van der Waals surface area contributed by atoms with E-state index in [1.54, 1.807) is 13.0 Å². The number of halogens is 1. The van der Waals surface area contributed by atoms with Gasteiger partial charge in [-0.1, -0.05) is 6.07 Å². The first-order valence-electron chi connectivity index (χ1n) is 10.9. The second-order valence-corrected chi connectivity index (χ2v) is 7.37. The standard InChI is InChI=1S/C24H29FN2O6/c1-4-31-21-14-20(27-8-10-30-11-9-27)22(32-5-2)13-19(21)26-23(28)15-33-24(29)18-12-17(25)7-6-16(18)3/h6-7,12-14H,4-5,8-11,15H2,1-3H3,(H,26,28). The summed E-state index contributed by atoms with van der Waals surface area (Å²) in [7, 11) is 0. The van der Waals surface area contributed by atoms with Crippen molar-refractivity contribution >= 4 is 23.3 Å². The van der Waals surface area contributed by atoms with Crippen LogP contribution in [0.1, 0.15) is 29.8 Å². The second-order valence-electron chi connectivity index (χ2n) is 7.37. The fourth-order valence-corrected chi connectivity index (χ4v) is 3.45. The van der Waals surface area contributed by atoms with Crippen LogP contribution in [0.4, 0.5) is 15.8 Å². The largest absolute Gasteiger partial charge is 0.492 e. The predicted octanol–water partition coefficient (Wildman–Crippen LogP) is 3.56. The molecule has 0 aliphatic carbocycles. The number of hydrogen-bond donors (Lipinski definition) is 1. The van der Waals surface area contributed by atoms with Crippen molar-refractivity contribution in [2.24, 2.45) is 0 Å². The van der Waals surface area contributed by atoms with Crippen molar-refractivity contribution in [2.45, 2.75) is 20.8 Å². The predicted molar refractivity (Wildman–Crippen MR) is 122 cm³/mol. The average Bonchev–Trinajstić information content (AvgIpc) is 2.81. The fourth-order valence-electron chi connectivity index (χ4n) is 3.45. The molecule has 0 unspecified atom stereocenters. The van der Waals surface area contributed by atoms with Gasteiger partial charge in [-0.15, -0.1) is 0 Å². The number of anilines is 2. The second kappa shape index (κ2) is 11.5. The highest BCUT2D eigenvalue weighted by molar-refractivity contribution is 5.97. The third-order valence-electron chi connectivity index (χ3n) is 5.04. The first-order chi connectivity index (χ1) is 15.9. The van der Waals surface area contributed by atoms with Gasteiger partial charge >= 0.3 is 5.97 Å². The molecular weight excluding hydrogens is 431 g/mol. The van der Waals surface area contributed by atoms with Gasteiger partial charge in [0, 0.05) is 25.2 Å². The van der Waals surface area contributed by atoms with E-state index in [4.69, 9.17) is 18.9 Å². The van der Waals surface area contributed by atoms with Crippen LogP contribution in [0.5, 0.6) is 11.5 Å². The molecule has 1 N–H and O–H groups in total. The Morgan fingerprint density at radius 1 is 1.06 bits per heavy atom. The molecule has 1 amide bonds. The van der Waals surface area contributed by atoms with Crippen LogP contribution in [0.15, 0.2) is 30.3 Å². The zero-order valence-corrected chi connectivity index (χ0v) is 19.1. The Labute approximate surface area is 192 Å². The maximum atomic E-state index is 13.5. The third-order valence-corrected chi connectivity index (χ3v) is 5.04. The van der Waals surface area contributed by atoms with Crippen LogP contribution < -0.4 is 19.7 Å². The van der Waals surface area contributed by atoms with Crippen molar-refractivity contribution in [3.63, 3.8) is 0 Å². The molecule has 0 spiro atoms. The zero-order valence-electron chi connectivity index (χ0n) is 19.1. The Bertz CT molecular complexity index is 991. The van der Waals surface area contributed by atoms with Crippen LogP contribution >= 0.6 is 0 Å². The summed E-state index contributed by atoms with van der Waals surface area (Å²) in [6, 6.07) is 7.35. The Hall–Kier alpha value is -3.33. The minimum absolute atomic E-state index is 0.0753. The number of aryl methyl sites for hydroxylation is 1. The molecule has 9 heteroatoms. The van der Waals surface area contributed by atoms with E-state index in [0.717, 1.165) is 11.8 Å². The van der Waals surface area contributed by atoms with E-state index in [9.17, 15) is 14.0 Å². The highest BCUT2D eigenvalue weighted by atomic mass is 19.1. The molecule has 0 radical (unpaired) electrons. The van der Waals surface area contributed by atoms with Crippen molar-refractivity contribution in [3.8, 4) is 11.5 Å². The minimum Gasteiger partial charge on any atom is -0.492 e. The smallest absolute Gasteiger partial charge is 0.339 e. The summed E-state index contributed by atoms with van der Waals surface area (Å²) in [6.45, 7) is 8.36. The summed E-state index contributed by atoms with van der Waals surface area (Å²) in [5.41, 5.74) is 1.89. The maximum Gasteiger partial charge on any atom is 0.339 e. The number of esters is 1. The quantitative estimate of drug-likeness (QED) is 0.573. The molecule has 33 heavy (non-hydrogen) atoms. The Kier molecular flexibility index (Phi) is 8.48. The summed E-state index contributed by atoms with van der Waals surface area (Å²) in [5.74, 6) is -0.805. The van der Waals surface area contributed by atoms with Crippen molar-refractivity contribution in [2.75, 3.05) is 56.3 Å². The van der Waals surface area contributed by atoms with Gasteiger partial charge in [0.2, 0.25) is 0 Å². The molecule has 3 rings (SSSR count). The van der Waals surface area contributed by atoms with Gasteiger partial charge in [-0.2, -0.15) is 0 Å². The number of rotatable bonds is 9. The topological polar surface area (TPSA) is 86.3 Å². The van der Waals surface area contributed by atoms with Crippen molar-refractivity contribution in [1.29, 1.82) is 0 Å². The van der Waals surface area contributed by atoms with E-state index in [0.29, 0.717) is 62.3 Å². The summed E-state index contributed by atoms with van der Waals surface area (Å²) < 4.78 is 35.5. The Morgan fingerprint density at radius 2 is 1.76 bits per heavy atom. The number of hydrogen-bond acceptors (Lipinski definition) is 7. The number of benzene rings is 2. The average molecular weight is 461 g/mol. The van der Waals surface area contributed by atoms with Gasteiger partial charge in [0.15, 0.2) is 6.61 Å². The van der Waals surface area contributed by atoms with Gasteiger partial charge < -0.3 is 29.2 Å². The lowest BCUT2D eigenvalue weighted by molar-refractivity contribution is -0.119. The van der Waals surface area contributed by atoms with E-state index < -0.39 is 24.3 Å². The summed E-state index contributed by atoms with van der Waals surface area (Å²) in [5, 5.41) is 2.72. The molecule has 1 aliphatic rings. The molecule has 178 valence electrons. The normalized spacial score (nSPS) is 13.4. The van der Waals surface area contributed by atoms with Gasteiger partial charge in [0.05, 0.1) is 43.4 Å². The van der Waals surface area contributed by atoms with Crippen LogP contribution in [0.3, 0.4) is 0 Å². The van der Waals surface area contributed by atoms with Crippen LogP contribution in [0.25, 0.3) is 0 Å². The SMILES string of the molecule is CCOc1cc(N2CCOCC2)c(OCC)cc1NC(=O)COC(=O)c1cc(F)ccc1C. The molecule has 0 atom stereocenters. The number of carbonyl (C=O) groups is 2. The van der Waals surface area contributed by atoms with E-state index in [1.165, 1.54) is 12.1 Å². The Morgan fingerprint density at radius 3 is 2.45 bits per heavy atom. The molecule has 0 aromatic heterocycles. The monoisotopic (exact) mass is 460 g/mol. The number of ether oxygens (including phenoxy) is 4. The molecular formula is C24H29FN2O6. The van der Waals surface area contributed by atoms with Crippen LogP contribution in [-0.2, 0) is 14.3 Å². The molecule has 2 aromatic carbocycles. The molecule has 8 nitrogen and oxygen atoms in total. The lowest BCUT2D eigenvalue weighted by Gasteiger charge is -2.31. The van der Waals surface area contributed by atoms with Crippen LogP contribution in [-0.4, -0.2) is 58.0 Å². The molecule has 2 aromatic rings. The van der Waals surface area contributed by atoms with Crippen molar-refractivity contribution < 1.29 is 32.9 Å². The number of morpholine rings is 1. The summed E-state index contributed by atoms with van der Waals surface area (Å²) >= 11 is 0. The minimum atomic E-state index is -0.773. The van der Waals surface area contributed by atoms with E-state index >= 15 is 0 Å².